The number of carbonyl (C=O) groups is 1. The Balaban J connectivity index is 2.47. The molecule has 0 unspecified atom stereocenters. The van der Waals surface area contributed by atoms with E-state index >= 15 is 0 Å². The van der Waals surface area contributed by atoms with Crippen LogP contribution in [0.1, 0.15) is 6.92 Å². The first-order valence-electron chi connectivity index (χ1n) is 3.55. The second-order valence-corrected chi connectivity index (χ2v) is 2.93. The zero-order valence-corrected chi connectivity index (χ0v) is 7.80. The van der Waals surface area contributed by atoms with E-state index in [0.29, 0.717) is 12.4 Å². The van der Waals surface area contributed by atoms with E-state index in [-0.39, 0.29) is 6.09 Å². The highest BCUT2D eigenvalue weighted by atomic mass is 32.1. The van der Waals surface area contributed by atoms with Crippen LogP contribution in [0.4, 0.5) is 4.79 Å². The molecule has 5 heteroatoms. The second kappa shape index (κ2) is 4.06. The summed E-state index contributed by atoms with van der Waals surface area (Å²) in [5, 5.41) is 1.68. The van der Waals surface area contributed by atoms with Crippen molar-refractivity contribution in [3.05, 3.63) is 10.9 Å². The van der Waals surface area contributed by atoms with Crippen molar-refractivity contribution in [1.82, 2.24) is 9.88 Å². The molecule has 1 aromatic heterocycles. The highest BCUT2D eigenvalue weighted by Gasteiger charge is 2.09. The third-order valence-corrected chi connectivity index (χ3v) is 1.95. The first kappa shape index (κ1) is 8.99. The molecule has 0 aliphatic carbocycles. The van der Waals surface area contributed by atoms with Crippen molar-refractivity contribution in [3.63, 3.8) is 0 Å². The maximum atomic E-state index is 11.1. The maximum absolute atomic E-state index is 11.1. The molecule has 0 N–H and O–H groups in total. The van der Waals surface area contributed by atoms with E-state index in [1.54, 1.807) is 17.9 Å². The topological polar surface area (TPSA) is 42.4 Å². The predicted octanol–water partition coefficient (Wildman–Crippen LogP) is 1.59. The van der Waals surface area contributed by atoms with Gasteiger partial charge in [0, 0.05) is 13.6 Å². The van der Waals surface area contributed by atoms with Crippen molar-refractivity contribution in [2.24, 2.45) is 0 Å². The molecule has 0 radical (unpaired) electrons. The number of nitrogens with zero attached hydrogens (tertiary/aromatic N) is 2. The highest BCUT2D eigenvalue weighted by Crippen LogP contribution is 2.10. The zero-order valence-electron chi connectivity index (χ0n) is 6.98. The maximum Gasteiger partial charge on any atom is 0.416 e. The van der Waals surface area contributed by atoms with Gasteiger partial charge in [-0.15, -0.1) is 11.3 Å². The normalized spacial score (nSPS) is 9.50. The highest BCUT2D eigenvalue weighted by molar-refractivity contribution is 7.07. The number of hydrogen-bond acceptors (Lipinski definition) is 4. The number of aromatic nitrogens is 1. The van der Waals surface area contributed by atoms with Gasteiger partial charge in [-0.2, -0.15) is 0 Å². The van der Waals surface area contributed by atoms with E-state index in [2.05, 4.69) is 4.98 Å². The molecule has 0 aliphatic rings. The van der Waals surface area contributed by atoms with Gasteiger partial charge in [-0.05, 0) is 6.92 Å². The lowest BCUT2D eigenvalue weighted by Gasteiger charge is -2.12. The average molecular weight is 186 g/mol. The average Bonchev–Trinajstić information content (AvgIpc) is 2.55. The Kier molecular flexibility index (Phi) is 3.04. The molecule has 0 aliphatic heterocycles. The summed E-state index contributed by atoms with van der Waals surface area (Å²) >= 11 is 1.39. The van der Waals surface area contributed by atoms with Crippen molar-refractivity contribution >= 4 is 17.4 Å². The molecule has 0 fully saturated rings. The van der Waals surface area contributed by atoms with E-state index in [1.807, 2.05) is 6.92 Å². The lowest BCUT2D eigenvalue weighted by molar-refractivity contribution is 0.163. The number of carbonyl (C=O) groups excluding carboxylic acids is 1. The van der Waals surface area contributed by atoms with Gasteiger partial charge in [0.25, 0.3) is 0 Å². The van der Waals surface area contributed by atoms with Gasteiger partial charge in [0.15, 0.2) is 0 Å². The number of thiazole rings is 1. The molecule has 0 aromatic carbocycles. The van der Waals surface area contributed by atoms with Gasteiger partial charge in [0.2, 0.25) is 5.88 Å². The van der Waals surface area contributed by atoms with Gasteiger partial charge < -0.3 is 9.64 Å². The van der Waals surface area contributed by atoms with Gasteiger partial charge in [-0.3, -0.25) is 0 Å². The summed E-state index contributed by atoms with van der Waals surface area (Å²) in [5.41, 5.74) is 1.62. The Morgan fingerprint density at radius 1 is 1.83 bits per heavy atom. The first-order chi connectivity index (χ1) is 5.74. The Hall–Kier alpha value is -1.10. The van der Waals surface area contributed by atoms with E-state index in [9.17, 15) is 4.79 Å². The molecule has 0 saturated heterocycles. The quantitative estimate of drug-likeness (QED) is 0.704. The molecule has 1 amide bonds. The van der Waals surface area contributed by atoms with Crippen LogP contribution in [0.15, 0.2) is 10.9 Å². The second-order valence-electron chi connectivity index (χ2n) is 2.21. The minimum atomic E-state index is -0.372. The largest absolute Gasteiger partial charge is 0.416 e. The minimum absolute atomic E-state index is 0.366. The number of rotatable bonds is 2. The van der Waals surface area contributed by atoms with Gasteiger partial charge in [-0.1, -0.05) is 0 Å². The van der Waals surface area contributed by atoms with Crippen LogP contribution in [0.5, 0.6) is 5.88 Å². The summed E-state index contributed by atoms with van der Waals surface area (Å²) in [4.78, 5) is 16.4. The van der Waals surface area contributed by atoms with Crippen LogP contribution in [0.3, 0.4) is 0 Å². The third kappa shape index (κ3) is 2.20. The van der Waals surface area contributed by atoms with Gasteiger partial charge in [0.05, 0.1) is 10.9 Å². The zero-order chi connectivity index (χ0) is 8.97. The van der Waals surface area contributed by atoms with Crippen LogP contribution >= 0.6 is 11.3 Å². The van der Waals surface area contributed by atoms with E-state index in [0.717, 1.165) is 0 Å². The molecule has 4 nitrogen and oxygen atoms in total. The fourth-order valence-corrected chi connectivity index (χ4v) is 0.999. The number of hydrogen-bond donors (Lipinski definition) is 0. The van der Waals surface area contributed by atoms with Crippen molar-refractivity contribution in [2.45, 2.75) is 6.92 Å². The summed E-state index contributed by atoms with van der Waals surface area (Å²) in [6.07, 6.45) is -0.372. The lowest BCUT2D eigenvalue weighted by atomic mass is 10.7. The van der Waals surface area contributed by atoms with Crippen LogP contribution in [-0.4, -0.2) is 29.6 Å². The summed E-state index contributed by atoms with van der Waals surface area (Å²) in [5.74, 6) is 0.366. The van der Waals surface area contributed by atoms with Crippen LogP contribution in [0.25, 0.3) is 0 Å². The Bertz CT molecular complexity index is 248. The molecule has 0 saturated carbocycles. The Morgan fingerprint density at radius 3 is 3.08 bits per heavy atom. The fraction of sp³-hybridized carbons (Fsp3) is 0.429. The molecule has 0 spiro atoms. The standard InChI is InChI=1S/C7H10N2O2S/c1-3-9(2)7(10)11-6-4-12-5-8-6/h4-5H,3H2,1-2H3. The molecule has 12 heavy (non-hydrogen) atoms. The van der Waals surface area contributed by atoms with Gasteiger partial charge in [-0.25, -0.2) is 9.78 Å². The number of ether oxygens (including phenoxy) is 1. The Morgan fingerprint density at radius 2 is 2.58 bits per heavy atom. The van der Waals surface area contributed by atoms with Crippen molar-refractivity contribution in [3.8, 4) is 5.88 Å². The summed E-state index contributed by atoms with van der Waals surface area (Å²) in [6, 6.07) is 0. The fourth-order valence-electron chi connectivity index (χ4n) is 0.548. The molecule has 1 aromatic rings. The van der Waals surface area contributed by atoms with Crippen molar-refractivity contribution in [1.29, 1.82) is 0 Å². The van der Waals surface area contributed by atoms with Crippen LogP contribution < -0.4 is 4.74 Å². The SMILES string of the molecule is CCN(C)C(=O)Oc1cscn1. The van der Waals surface area contributed by atoms with E-state index in [1.165, 1.54) is 16.2 Å². The molecular weight excluding hydrogens is 176 g/mol. The molecule has 0 atom stereocenters. The van der Waals surface area contributed by atoms with Gasteiger partial charge >= 0.3 is 6.09 Å². The molecule has 0 bridgehead atoms. The minimum Gasteiger partial charge on any atom is -0.390 e. The van der Waals surface area contributed by atoms with Crippen molar-refractivity contribution in [2.75, 3.05) is 13.6 Å². The molecule has 1 heterocycles. The van der Waals surface area contributed by atoms with Gasteiger partial charge in [0.1, 0.15) is 0 Å². The van der Waals surface area contributed by atoms with Crippen LogP contribution in [-0.2, 0) is 0 Å². The molecule has 66 valence electrons. The number of amides is 1. The smallest absolute Gasteiger partial charge is 0.390 e. The monoisotopic (exact) mass is 186 g/mol. The molecular formula is C7H10N2O2S. The summed E-state index contributed by atoms with van der Waals surface area (Å²) < 4.78 is 4.89. The summed E-state index contributed by atoms with van der Waals surface area (Å²) in [7, 11) is 1.68. The molecule has 1 rings (SSSR count). The lowest BCUT2D eigenvalue weighted by Crippen LogP contribution is -2.29. The van der Waals surface area contributed by atoms with Crippen LogP contribution in [0, 0.1) is 0 Å². The summed E-state index contributed by atoms with van der Waals surface area (Å²) in [6.45, 7) is 2.51. The third-order valence-electron chi connectivity index (χ3n) is 1.39. The van der Waals surface area contributed by atoms with Crippen LogP contribution in [0.2, 0.25) is 0 Å². The van der Waals surface area contributed by atoms with E-state index < -0.39 is 0 Å². The Labute approximate surface area is 74.8 Å². The van der Waals surface area contributed by atoms with Crippen molar-refractivity contribution < 1.29 is 9.53 Å². The first-order valence-corrected chi connectivity index (χ1v) is 4.49. The van der Waals surface area contributed by atoms with E-state index in [4.69, 9.17) is 4.74 Å². The predicted molar refractivity (Wildman–Crippen MR) is 46.4 cm³/mol.